The Bertz CT molecular complexity index is 361. The number of hydrogen-bond donors (Lipinski definition) is 1. The van der Waals surface area contributed by atoms with Gasteiger partial charge in [-0.25, -0.2) is 15.6 Å². The first kappa shape index (κ1) is 12.4. The van der Waals surface area contributed by atoms with Crippen LogP contribution in [0.15, 0.2) is 9.98 Å². The van der Waals surface area contributed by atoms with Crippen LogP contribution in [0.25, 0.3) is 0 Å². The number of ether oxygens (including phenoxy) is 1. The number of hydrazine groups is 1. The van der Waals surface area contributed by atoms with Crippen molar-refractivity contribution >= 4 is 38.5 Å². The van der Waals surface area contributed by atoms with Crippen LogP contribution in [0.3, 0.4) is 0 Å². The van der Waals surface area contributed by atoms with Crippen LogP contribution in [0, 0.1) is 0 Å². The standard InChI is InChI=1S/C8H12BrN3O2S/c1-8(2,3)14-7(13)12(10)6-11-4-5(9)15-6/h4H,10H2,1-3H3. The summed E-state index contributed by atoms with van der Waals surface area (Å²) in [6.45, 7) is 5.32. The highest BCUT2D eigenvalue weighted by molar-refractivity contribution is 9.11. The lowest BCUT2D eigenvalue weighted by atomic mass is 10.2. The molecule has 1 heterocycles. The lowest BCUT2D eigenvalue weighted by Gasteiger charge is -2.22. The van der Waals surface area contributed by atoms with Crippen molar-refractivity contribution in [3.8, 4) is 0 Å². The molecule has 15 heavy (non-hydrogen) atoms. The number of rotatable bonds is 1. The number of anilines is 1. The highest BCUT2D eigenvalue weighted by atomic mass is 79.9. The second kappa shape index (κ2) is 4.46. The summed E-state index contributed by atoms with van der Waals surface area (Å²) >= 11 is 4.49. The first-order valence-corrected chi connectivity index (χ1v) is 5.79. The Morgan fingerprint density at radius 1 is 1.67 bits per heavy atom. The van der Waals surface area contributed by atoms with E-state index in [-0.39, 0.29) is 0 Å². The summed E-state index contributed by atoms with van der Waals surface area (Å²) < 4.78 is 5.88. The fourth-order valence-electron chi connectivity index (χ4n) is 0.746. The third-order valence-electron chi connectivity index (χ3n) is 1.26. The lowest BCUT2D eigenvalue weighted by molar-refractivity contribution is 0.0580. The van der Waals surface area contributed by atoms with E-state index in [1.165, 1.54) is 11.3 Å². The predicted molar refractivity (Wildman–Crippen MR) is 62.7 cm³/mol. The van der Waals surface area contributed by atoms with E-state index in [9.17, 15) is 4.79 Å². The van der Waals surface area contributed by atoms with E-state index < -0.39 is 11.7 Å². The van der Waals surface area contributed by atoms with Crippen LogP contribution < -0.4 is 10.9 Å². The zero-order valence-electron chi connectivity index (χ0n) is 8.65. The summed E-state index contributed by atoms with van der Waals surface area (Å²) in [4.78, 5) is 15.4. The van der Waals surface area contributed by atoms with Gasteiger partial charge >= 0.3 is 6.09 Å². The van der Waals surface area contributed by atoms with Gasteiger partial charge in [-0.1, -0.05) is 11.3 Å². The van der Waals surface area contributed by atoms with Crippen LogP contribution >= 0.6 is 27.3 Å². The summed E-state index contributed by atoms with van der Waals surface area (Å²) in [7, 11) is 0. The van der Waals surface area contributed by atoms with E-state index in [1.807, 2.05) is 0 Å². The van der Waals surface area contributed by atoms with Gasteiger partial charge < -0.3 is 4.74 Å². The van der Waals surface area contributed by atoms with Crippen LogP contribution in [0.1, 0.15) is 20.8 Å². The zero-order valence-corrected chi connectivity index (χ0v) is 11.1. The van der Waals surface area contributed by atoms with Gasteiger partial charge in [0, 0.05) is 0 Å². The van der Waals surface area contributed by atoms with Gasteiger partial charge in [0.2, 0.25) is 5.13 Å². The minimum atomic E-state index is -0.621. The van der Waals surface area contributed by atoms with E-state index in [0.29, 0.717) is 5.13 Å². The number of carbonyl (C=O) groups excluding carboxylic acids is 1. The molecule has 2 N–H and O–H groups in total. The third kappa shape index (κ3) is 3.77. The minimum absolute atomic E-state index is 0.385. The molecule has 0 aliphatic heterocycles. The number of thiazole rings is 1. The second-order valence-corrected chi connectivity index (χ2v) is 6.19. The number of nitrogens with two attached hydrogens (primary N) is 1. The second-order valence-electron chi connectivity index (χ2n) is 3.80. The summed E-state index contributed by atoms with van der Waals surface area (Å²) in [5.74, 6) is 5.54. The molecule has 1 aromatic rings. The topological polar surface area (TPSA) is 68.5 Å². The van der Waals surface area contributed by atoms with Gasteiger partial charge in [0.05, 0.1) is 9.98 Å². The first-order valence-electron chi connectivity index (χ1n) is 4.19. The molecule has 0 saturated heterocycles. The van der Waals surface area contributed by atoms with Gasteiger partial charge in [0.1, 0.15) is 5.60 Å². The molecule has 0 bridgehead atoms. The van der Waals surface area contributed by atoms with Crippen LogP contribution in [0.5, 0.6) is 0 Å². The van der Waals surface area contributed by atoms with Crippen molar-refractivity contribution < 1.29 is 9.53 Å². The summed E-state index contributed by atoms with van der Waals surface area (Å²) in [6, 6.07) is 0. The van der Waals surface area contributed by atoms with Gasteiger partial charge in [0.25, 0.3) is 0 Å². The fourth-order valence-corrected chi connectivity index (χ4v) is 1.84. The Kier molecular flexibility index (Phi) is 3.69. The largest absolute Gasteiger partial charge is 0.442 e. The van der Waals surface area contributed by atoms with E-state index in [2.05, 4.69) is 20.9 Å². The summed E-state index contributed by atoms with van der Waals surface area (Å²) in [5.41, 5.74) is -0.566. The molecule has 0 aliphatic carbocycles. The molecule has 1 rings (SSSR count). The van der Waals surface area contributed by atoms with E-state index in [1.54, 1.807) is 27.0 Å². The number of amides is 1. The number of aromatic nitrogens is 1. The molecular formula is C8H12BrN3O2S. The average molecular weight is 294 g/mol. The number of hydrogen-bond acceptors (Lipinski definition) is 5. The molecule has 1 amide bonds. The number of halogens is 1. The molecule has 0 aliphatic rings. The lowest BCUT2D eigenvalue weighted by Crippen LogP contribution is -2.41. The van der Waals surface area contributed by atoms with Crippen LogP contribution in [0.4, 0.5) is 9.93 Å². The summed E-state index contributed by atoms with van der Waals surface area (Å²) in [6.07, 6.45) is 0.953. The monoisotopic (exact) mass is 293 g/mol. The Morgan fingerprint density at radius 3 is 2.67 bits per heavy atom. The Balaban J connectivity index is 2.69. The highest BCUT2D eigenvalue weighted by Gasteiger charge is 2.22. The quantitative estimate of drug-likeness (QED) is 0.491. The fraction of sp³-hybridized carbons (Fsp3) is 0.500. The molecule has 0 radical (unpaired) electrons. The molecule has 0 saturated carbocycles. The number of carbonyl (C=O) groups is 1. The molecule has 5 nitrogen and oxygen atoms in total. The van der Waals surface area contributed by atoms with Crippen molar-refractivity contribution in [2.75, 3.05) is 5.01 Å². The van der Waals surface area contributed by atoms with Crippen LogP contribution in [-0.4, -0.2) is 16.7 Å². The maximum absolute atomic E-state index is 11.5. The van der Waals surface area contributed by atoms with Crippen molar-refractivity contribution in [2.45, 2.75) is 26.4 Å². The molecule has 7 heteroatoms. The Morgan fingerprint density at radius 2 is 2.27 bits per heavy atom. The van der Waals surface area contributed by atoms with Crippen molar-refractivity contribution in [1.29, 1.82) is 0 Å². The Labute approximate surface area is 100 Å². The number of nitrogens with zero attached hydrogens (tertiary/aromatic N) is 2. The molecule has 0 unspecified atom stereocenters. The van der Waals surface area contributed by atoms with Gasteiger partial charge in [-0.3, -0.25) is 0 Å². The van der Waals surface area contributed by atoms with E-state index in [0.717, 1.165) is 8.80 Å². The highest BCUT2D eigenvalue weighted by Crippen LogP contribution is 2.25. The van der Waals surface area contributed by atoms with Crippen molar-refractivity contribution in [3.63, 3.8) is 0 Å². The van der Waals surface area contributed by atoms with Crippen LogP contribution in [0.2, 0.25) is 0 Å². The average Bonchev–Trinajstić information content (AvgIpc) is 2.47. The summed E-state index contributed by atoms with van der Waals surface area (Å²) in [5, 5.41) is 1.27. The predicted octanol–water partition coefficient (Wildman–Crippen LogP) is 2.52. The van der Waals surface area contributed by atoms with Gasteiger partial charge in [0.15, 0.2) is 0 Å². The van der Waals surface area contributed by atoms with Gasteiger partial charge in [-0.15, -0.1) is 0 Å². The third-order valence-corrected chi connectivity index (χ3v) is 2.74. The minimum Gasteiger partial charge on any atom is -0.442 e. The molecule has 0 spiro atoms. The Hall–Kier alpha value is -0.660. The maximum Gasteiger partial charge on any atom is 0.431 e. The van der Waals surface area contributed by atoms with Crippen molar-refractivity contribution in [1.82, 2.24) is 4.98 Å². The molecule has 0 fully saturated rings. The maximum atomic E-state index is 11.5. The molecule has 1 aromatic heterocycles. The van der Waals surface area contributed by atoms with Crippen molar-refractivity contribution in [3.05, 3.63) is 9.98 Å². The molecule has 0 aromatic carbocycles. The molecule has 84 valence electrons. The van der Waals surface area contributed by atoms with Gasteiger partial charge in [-0.2, -0.15) is 5.01 Å². The molecular weight excluding hydrogens is 282 g/mol. The van der Waals surface area contributed by atoms with Crippen LogP contribution in [-0.2, 0) is 4.74 Å². The molecule has 0 atom stereocenters. The van der Waals surface area contributed by atoms with Crippen molar-refractivity contribution in [2.24, 2.45) is 5.84 Å². The van der Waals surface area contributed by atoms with E-state index >= 15 is 0 Å². The van der Waals surface area contributed by atoms with Gasteiger partial charge in [-0.05, 0) is 36.7 Å². The van der Waals surface area contributed by atoms with E-state index in [4.69, 9.17) is 10.6 Å². The normalized spacial score (nSPS) is 11.3. The smallest absolute Gasteiger partial charge is 0.431 e. The zero-order chi connectivity index (χ0) is 11.6. The first-order chi connectivity index (χ1) is 6.79. The SMILES string of the molecule is CC(C)(C)OC(=O)N(N)c1ncc(Br)s1.